The van der Waals surface area contributed by atoms with Gasteiger partial charge in [-0.25, -0.2) is 13.2 Å². The number of carbonyl (C=O) groups excluding carboxylic acids is 1. The molecule has 2 aromatic carbocycles. The summed E-state index contributed by atoms with van der Waals surface area (Å²) in [6, 6.07) is 11.8. The Bertz CT molecular complexity index is 739. The third-order valence-electron chi connectivity index (χ3n) is 4.07. The zero-order valence-corrected chi connectivity index (χ0v) is 13.7. The maximum Gasteiger partial charge on any atom is 0.256 e. The lowest BCUT2D eigenvalue weighted by Crippen LogP contribution is -2.33. The highest BCUT2D eigenvalue weighted by Gasteiger charge is 2.26. The highest BCUT2D eigenvalue weighted by molar-refractivity contribution is 7.99. The van der Waals surface area contributed by atoms with Crippen LogP contribution in [0.4, 0.5) is 13.2 Å². The second kappa shape index (κ2) is 7.30. The molecule has 1 atom stereocenters. The molecule has 1 aliphatic heterocycles. The summed E-state index contributed by atoms with van der Waals surface area (Å²) in [4.78, 5) is 14.0. The Kier molecular flexibility index (Phi) is 5.14. The second-order valence-electron chi connectivity index (χ2n) is 5.57. The Morgan fingerprint density at radius 1 is 1.00 bits per heavy atom. The van der Waals surface area contributed by atoms with Gasteiger partial charge < -0.3 is 4.90 Å². The van der Waals surface area contributed by atoms with E-state index in [0.717, 1.165) is 18.6 Å². The Morgan fingerprint density at radius 2 is 1.75 bits per heavy atom. The van der Waals surface area contributed by atoms with Crippen molar-refractivity contribution < 1.29 is 18.0 Å². The van der Waals surface area contributed by atoms with Crippen molar-refractivity contribution in [3.8, 4) is 0 Å². The van der Waals surface area contributed by atoms with E-state index in [2.05, 4.69) is 0 Å². The van der Waals surface area contributed by atoms with Crippen LogP contribution in [-0.4, -0.2) is 29.6 Å². The fraction of sp³-hybridized carbons (Fsp3) is 0.278. The van der Waals surface area contributed by atoms with Gasteiger partial charge in [-0.05, 0) is 24.1 Å². The minimum atomic E-state index is -1.60. The minimum Gasteiger partial charge on any atom is -0.338 e. The van der Waals surface area contributed by atoms with Crippen LogP contribution in [-0.2, 0) is 0 Å². The molecular weight excluding hydrogens is 335 g/mol. The van der Waals surface area contributed by atoms with Gasteiger partial charge in [0.25, 0.3) is 5.91 Å². The largest absolute Gasteiger partial charge is 0.338 e. The Balaban J connectivity index is 1.74. The van der Waals surface area contributed by atoms with Crippen molar-refractivity contribution in [3.05, 3.63) is 71.0 Å². The van der Waals surface area contributed by atoms with E-state index in [4.69, 9.17) is 0 Å². The quantitative estimate of drug-likeness (QED) is 0.747. The van der Waals surface area contributed by atoms with Crippen molar-refractivity contribution in [3.63, 3.8) is 0 Å². The molecule has 0 aromatic heterocycles. The van der Waals surface area contributed by atoms with Crippen LogP contribution in [0.5, 0.6) is 0 Å². The number of hydrogen-bond donors (Lipinski definition) is 0. The van der Waals surface area contributed by atoms with Crippen LogP contribution in [0.3, 0.4) is 0 Å². The molecule has 1 aliphatic rings. The number of nitrogens with zero attached hydrogens (tertiary/aromatic N) is 1. The standard InChI is InChI=1S/C18H16F3NOS/c19-14-7-6-13(16(20)17(14)21)18(23)22-9-8-15(24-11-10-22)12-4-2-1-3-5-12/h1-7,15H,8-11H2. The molecule has 2 nitrogen and oxygen atoms in total. The molecule has 1 fully saturated rings. The number of halogens is 3. The molecule has 3 rings (SSSR count). The van der Waals surface area contributed by atoms with Crippen molar-refractivity contribution in [1.29, 1.82) is 0 Å². The molecule has 1 amide bonds. The fourth-order valence-corrected chi connectivity index (χ4v) is 4.00. The van der Waals surface area contributed by atoms with Crippen molar-refractivity contribution in [1.82, 2.24) is 4.90 Å². The number of hydrogen-bond acceptors (Lipinski definition) is 2. The molecule has 0 radical (unpaired) electrons. The van der Waals surface area contributed by atoms with Crippen molar-refractivity contribution in [2.45, 2.75) is 11.7 Å². The summed E-state index contributed by atoms with van der Waals surface area (Å²) >= 11 is 1.74. The van der Waals surface area contributed by atoms with Crippen LogP contribution in [0.25, 0.3) is 0 Å². The zero-order chi connectivity index (χ0) is 17.1. The molecule has 6 heteroatoms. The van der Waals surface area contributed by atoms with Crippen LogP contribution in [0, 0.1) is 17.5 Å². The van der Waals surface area contributed by atoms with E-state index in [1.165, 1.54) is 10.5 Å². The average Bonchev–Trinajstić information content (AvgIpc) is 2.86. The Labute approximate surface area is 142 Å². The predicted octanol–water partition coefficient (Wildman–Crippen LogP) is 4.42. The van der Waals surface area contributed by atoms with Crippen LogP contribution in [0.2, 0.25) is 0 Å². The fourth-order valence-electron chi connectivity index (χ4n) is 2.77. The predicted molar refractivity (Wildman–Crippen MR) is 88.5 cm³/mol. The minimum absolute atomic E-state index is 0.263. The first-order chi connectivity index (χ1) is 11.6. The molecular formula is C18H16F3NOS. The van der Waals surface area contributed by atoms with Crippen LogP contribution >= 0.6 is 11.8 Å². The molecule has 0 saturated carbocycles. The summed E-state index contributed by atoms with van der Waals surface area (Å²) in [5.74, 6) is -4.21. The van der Waals surface area contributed by atoms with Crippen LogP contribution < -0.4 is 0 Å². The van der Waals surface area contributed by atoms with Crippen LogP contribution in [0.1, 0.15) is 27.6 Å². The normalized spacial score (nSPS) is 18.3. The zero-order valence-electron chi connectivity index (χ0n) is 12.8. The number of thioether (sulfide) groups is 1. The summed E-state index contributed by atoms with van der Waals surface area (Å²) in [5.41, 5.74) is 0.771. The van der Waals surface area contributed by atoms with E-state index in [1.807, 2.05) is 30.3 Å². The van der Waals surface area contributed by atoms with E-state index in [9.17, 15) is 18.0 Å². The first kappa shape index (κ1) is 16.9. The number of rotatable bonds is 2. The summed E-state index contributed by atoms with van der Waals surface area (Å²) < 4.78 is 40.2. The molecule has 24 heavy (non-hydrogen) atoms. The summed E-state index contributed by atoms with van der Waals surface area (Å²) in [7, 11) is 0. The molecule has 1 heterocycles. The summed E-state index contributed by atoms with van der Waals surface area (Å²) in [6.45, 7) is 0.898. The van der Waals surface area contributed by atoms with Gasteiger partial charge in [-0.2, -0.15) is 11.8 Å². The second-order valence-corrected chi connectivity index (χ2v) is 6.88. The number of amides is 1. The first-order valence-electron chi connectivity index (χ1n) is 7.67. The maximum absolute atomic E-state index is 13.8. The third-order valence-corrected chi connectivity index (χ3v) is 5.39. The molecule has 1 unspecified atom stereocenters. The Morgan fingerprint density at radius 3 is 2.50 bits per heavy atom. The smallest absolute Gasteiger partial charge is 0.256 e. The number of carbonyl (C=O) groups is 1. The van der Waals surface area contributed by atoms with Crippen molar-refractivity contribution in [2.24, 2.45) is 0 Å². The van der Waals surface area contributed by atoms with Crippen LogP contribution in [0.15, 0.2) is 42.5 Å². The van der Waals surface area contributed by atoms with Gasteiger partial charge in [0.1, 0.15) is 0 Å². The third kappa shape index (κ3) is 3.43. The molecule has 126 valence electrons. The van der Waals surface area contributed by atoms with Crippen molar-refractivity contribution in [2.75, 3.05) is 18.8 Å². The average molecular weight is 351 g/mol. The maximum atomic E-state index is 13.8. The van der Waals surface area contributed by atoms with Gasteiger partial charge in [0, 0.05) is 24.1 Å². The first-order valence-corrected chi connectivity index (χ1v) is 8.72. The lowest BCUT2D eigenvalue weighted by atomic mass is 10.1. The monoisotopic (exact) mass is 351 g/mol. The highest BCUT2D eigenvalue weighted by atomic mass is 32.2. The SMILES string of the molecule is O=C(c1ccc(F)c(F)c1F)N1CCSC(c2ccccc2)CC1. The lowest BCUT2D eigenvalue weighted by molar-refractivity contribution is 0.0760. The van der Waals surface area contributed by atoms with Gasteiger partial charge in [-0.3, -0.25) is 4.79 Å². The molecule has 2 aromatic rings. The molecule has 1 saturated heterocycles. The van der Waals surface area contributed by atoms with E-state index >= 15 is 0 Å². The molecule has 0 spiro atoms. The molecule has 0 aliphatic carbocycles. The summed E-state index contributed by atoms with van der Waals surface area (Å²) in [5, 5.41) is 0.263. The van der Waals surface area contributed by atoms with Crippen molar-refractivity contribution >= 4 is 17.7 Å². The van der Waals surface area contributed by atoms with Gasteiger partial charge in [0.2, 0.25) is 0 Å². The summed E-state index contributed by atoms with van der Waals surface area (Å²) in [6.07, 6.45) is 0.728. The number of benzene rings is 2. The van der Waals surface area contributed by atoms with Gasteiger partial charge >= 0.3 is 0 Å². The van der Waals surface area contributed by atoms with E-state index in [1.54, 1.807) is 11.8 Å². The lowest BCUT2D eigenvalue weighted by Gasteiger charge is -2.20. The van der Waals surface area contributed by atoms with Gasteiger partial charge in [0.05, 0.1) is 5.56 Å². The van der Waals surface area contributed by atoms with Gasteiger partial charge in [0.15, 0.2) is 17.5 Å². The van der Waals surface area contributed by atoms with E-state index < -0.39 is 28.9 Å². The molecule has 0 N–H and O–H groups in total. The van der Waals surface area contributed by atoms with E-state index in [-0.39, 0.29) is 5.25 Å². The Hall–Kier alpha value is -1.95. The van der Waals surface area contributed by atoms with Gasteiger partial charge in [-0.15, -0.1) is 0 Å². The van der Waals surface area contributed by atoms with Gasteiger partial charge in [-0.1, -0.05) is 30.3 Å². The highest BCUT2D eigenvalue weighted by Crippen LogP contribution is 2.34. The molecule has 0 bridgehead atoms. The van der Waals surface area contributed by atoms with E-state index in [0.29, 0.717) is 18.8 Å². The topological polar surface area (TPSA) is 20.3 Å².